The van der Waals surface area contributed by atoms with Gasteiger partial charge in [-0.25, -0.2) is 4.79 Å². The topological polar surface area (TPSA) is 105 Å². The Morgan fingerprint density at radius 1 is 1.45 bits per heavy atom. The monoisotopic (exact) mass is 301 g/mol. The van der Waals surface area contributed by atoms with Crippen molar-refractivity contribution in [3.05, 3.63) is 32.8 Å². The molecule has 7 nitrogen and oxygen atoms in total. The van der Waals surface area contributed by atoms with Gasteiger partial charge in [0.15, 0.2) is 0 Å². The van der Waals surface area contributed by atoms with Crippen molar-refractivity contribution in [2.75, 3.05) is 25.0 Å². The van der Waals surface area contributed by atoms with Gasteiger partial charge in [-0.15, -0.1) is 0 Å². The molecule has 0 fully saturated rings. The third kappa shape index (κ3) is 4.36. The van der Waals surface area contributed by atoms with E-state index in [1.54, 1.807) is 0 Å². The molecule has 1 rings (SSSR count). The fourth-order valence-corrected chi connectivity index (χ4v) is 1.93. The third-order valence-electron chi connectivity index (χ3n) is 2.60. The Labute approximate surface area is 121 Å². The van der Waals surface area contributed by atoms with Crippen LogP contribution < -0.4 is 10.6 Å². The molecule has 8 heteroatoms. The van der Waals surface area contributed by atoms with Gasteiger partial charge in [-0.1, -0.05) is 18.5 Å². The number of carboxylic acids is 1. The molecule has 20 heavy (non-hydrogen) atoms. The fourth-order valence-electron chi connectivity index (χ4n) is 1.65. The second-order valence-electron chi connectivity index (χ2n) is 4.05. The van der Waals surface area contributed by atoms with E-state index in [0.29, 0.717) is 6.54 Å². The van der Waals surface area contributed by atoms with Crippen molar-refractivity contribution >= 4 is 28.9 Å². The van der Waals surface area contributed by atoms with Crippen LogP contribution in [0, 0.1) is 10.1 Å². The molecular formula is C12H16ClN3O4. The first-order valence-corrected chi connectivity index (χ1v) is 6.51. The summed E-state index contributed by atoms with van der Waals surface area (Å²) in [5.74, 6) is -1.26. The van der Waals surface area contributed by atoms with E-state index in [1.165, 1.54) is 0 Å². The Hall–Kier alpha value is -1.86. The molecule has 0 unspecified atom stereocenters. The van der Waals surface area contributed by atoms with Crippen molar-refractivity contribution in [2.45, 2.75) is 13.3 Å². The van der Waals surface area contributed by atoms with Crippen LogP contribution in [0.4, 0.5) is 11.4 Å². The Balaban J connectivity index is 2.88. The van der Waals surface area contributed by atoms with E-state index >= 15 is 0 Å². The van der Waals surface area contributed by atoms with Crippen molar-refractivity contribution in [3.8, 4) is 0 Å². The maximum atomic E-state index is 11.2. The highest BCUT2D eigenvalue weighted by molar-refractivity contribution is 6.34. The Morgan fingerprint density at radius 2 is 2.15 bits per heavy atom. The minimum absolute atomic E-state index is 0.0278. The van der Waals surface area contributed by atoms with Crippen LogP contribution in [0.3, 0.4) is 0 Å². The molecule has 0 bridgehead atoms. The molecule has 1 aromatic rings. The van der Waals surface area contributed by atoms with Crippen molar-refractivity contribution in [1.29, 1.82) is 0 Å². The van der Waals surface area contributed by atoms with Crippen molar-refractivity contribution in [1.82, 2.24) is 5.32 Å². The van der Waals surface area contributed by atoms with Crippen LogP contribution in [-0.4, -0.2) is 35.6 Å². The highest BCUT2D eigenvalue weighted by Crippen LogP contribution is 2.31. The summed E-state index contributed by atoms with van der Waals surface area (Å²) in [6.45, 7) is 4.16. The normalized spacial score (nSPS) is 10.3. The maximum Gasteiger partial charge on any atom is 0.338 e. The van der Waals surface area contributed by atoms with Crippen LogP contribution in [0.1, 0.15) is 23.7 Å². The van der Waals surface area contributed by atoms with Gasteiger partial charge in [-0.3, -0.25) is 10.1 Å². The van der Waals surface area contributed by atoms with Gasteiger partial charge in [-0.2, -0.15) is 0 Å². The molecular weight excluding hydrogens is 286 g/mol. The summed E-state index contributed by atoms with van der Waals surface area (Å²) < 4.78 is 0. The minimum atomic E-state index is -1.26. The van der Waals surface area contributed by atoms with Crippen LogP contribution in [0.15, 0.2) is 12.1 Å². The number of rotatable bonds is 8. The molecule has 0 aromatic heterocycles. The Kier molecular flexibility index (Phi) is 6.20. The molecule has 0 aliphatic rings. The predicted octanol–water partition coefficient (Wildman–Crippen LogP) is 2.36. The number of carboxylic acid groups (broad SMARTS) is 1. The number of hydrogen-bond donors (Lipinski definition) is 3. The summed E-state index contributed by atoms with van der Waals surface area (Å²) in [6.07, 6.45) is 0.778. The van der Waals surface area contributed by atoms with Crippen LogP contribution in [0.2, 0.25) is 5.02 Å². The molecule has 0 radical (unpaired) electrons. The van der Waals surface area contributed by atoms with E-state index in [2.05, 4.69) is 10.6 Å². The molecule has 0 saturated carbocycles. The maximum absolute atomic E-state index is 11.2. The summed E-state index contributed by atoms with van der Waals surface area (Å²) >= 11 is 5.92. The molecule has 0 aliphatic carbocycles. The third-order valence-corrected chi connectivity index (χ3v) is 2.90. The Bertz CT molecular complexity index is 508. The van der Waals surface area contributed by atoms with Gasteiger partial charge in [0.05, 0.1) is 21.2 Å². The largest absolute Gasteiger partial charge is 0.478 e. The molecule has 0 aliphatic heterocycles. The van der Waals surface area contributed by atoms with Gasteiger partial charge >= 0.3 is 5.97 Å². The second kappa shape index (κ2) is 7.66. The van der Waals surface area contributed by atoms with Gasteiger partial charge in [0.2, 0.25) is 0 Å². The molecule has 3 N–H and O–H groups in total. The van der Waals surface area contributed by atoms with Crippen molar-refractivity contribution in [3.63, 3.8) is 0 Å². The molecule has 0 amide bonds. The number of nitrogens with one attached hydrogen (secondary N) is 2. The fraction of sp³-hybridized carbons (Fsp3) is 0.417. The number of halogens is 1. The van der Waals surface area contributed by atoms with Crippen LogP contribution in [0.25, 0.3) is 0 Å². The lowest BCUT2D eigenvalue weighted by atomic mass is 10.1. The predicted molar refractivity (Wildman–Crippen MR) is 76.7 cm³/mol. The number of carbonyl (C=O) groups is 1. The number of hydrogen-bond acceptors (Lipinski definition) is 5. The number of anilines is 1. The summed E-state index contributed by atoms with van der Waals surface area (Å²) in [7, 11) is 0. The average Bonchev–Trinajstić information content (AvgIpc) is 2.39. The van der Waals surface area contributed by atoms with E-state index in [9.17, 15) is 14.9 Å². The van der Waals surface area contributed by atoms with E-state index < -0.39 is 10.9 Å². The number of nitrogens with zero attached hydrogens (tertiary/aromatic N) is 1. The number of non-ortho nitro benzene ring substituents is 1. The zero-order chi connectivity index (χ0) is 15.1. The first kappa shape index (κ1) is 16.2. The van der Waals surface area contributed by atoms with E-state index in [-0.39, 0.29) is 22.0 Å². The van der Waals surface area contributed by atoms with Crippen molar-refractivity contribution in [2.24, 2.45) is 0 Å². The summed E-state index contributed by atoms with van der Waals surface area (Å²) in [4.78, 5) is 21.2. The lowest BCUT2D eigenvalue weighted by Crippen LogP contribution is -2.18. The number of nitro benzene ring substituents is 1. The van der Waals surface area contributed by atoms with Crippen molar-refractivity contribution < 1.29 is 14.8 Å². The summed E-state index contributed by atoms with van der Waals surface area (Å²) in [5.41, 5.74) is -0.334. The van der Waals surface area contributed by atoms with Gasteiger partial charge in [0, 0.05) is 18.7 Å². The van der Waals surface area contributed by atoms with Gasteiger partial charge in [-0.05, 0) is 19.5 Å². The molecule has 0 heterocycles. The van der Waals surface area contributed by atoms with Crippen LogP contribution in [0.5, 0.6) is 0 Å². The van der Waals surface area contributed by atoms with E-state index in [0.717, 1.165) is 31.6 Å². The number of nitro groups is 1. The first-order chi connectivity index (χ1) is 9.47. The highest BCUT2D eigenvalue weighted by atomic mass is 35.5. The van der Waals surface area contributed by atoms with E-state index in [1.807, 2.05) is 6.92 Å². The van der Waals surface area contributed by atoms with Gasteiger partial charge in [0.1, 0.15) is 0 Å². The number of aromatic carboxylic acids is 1. The first-order valence-electron chi connectivity index (χ1n) is 6.13. The molecule has 1 aromatic carbocycles. The lowest BCUT2D eigenvalue weighted by molar-refractivity contribution is -0.384. The average molecular weight is 302 g/mol. The zero-order valence-electron chi connectivity index (χ0n) is 11.0. The molecule has 110 valence electrons. The summed E-state index contributed by atoms with van der Waals surface area (Å²) in [5, 5.41) is 25.9. The second-order valence-corrected chi connectivity index (χ2v) is 4.45. The van der Waals surface area contributed by atoms with Crippen LogP contribution in [-0.2, 0) is 0 Å². The quantitative estimate of drug-likeness (QED) is 0.387. The minimum Gasteiger partial charge on any atom is -0.478 e. The Morgan fingerprint density at radius 3 is 2.70 bits per heavy atom. The van der Waals surface area contributed by atoms with Gasteiger partial charge < -0.3 is 15.7 Å². The SMILES string of the molecule is CCNCCCNc1c(Cl)cc([N+](=O)[O-])cc1C(=O)O. The standard InChI is InChI=1S/C12H16ClN3O4/c1-2-14-4-3-5-15-11-9(12(17)18)6-8(16(19)20)7-10(11)13/h6-7,14-15H,2-5H2,1H3,(H,17,18). The lowest BCUT2D eigenvalue weighted by Gasteiger charge is -2.11. The van der Waals surface area contributed by atoms with Gasteiger partial charge in [0.25, 0.3) is 5.69 Å². The van der Waals surface area contributed by atoms with Crippen LogP contribution >= 0.6 is 11.6 Å². The van der Waals surface area contributed by atoms with E-state index in [4.69, 9.17) is 16.7 Å². The zero-order valence-corrected chi connectivity index (χ0v) is 11.7. The molecule has 0 atom stereocenters. The number of benzene rings is 1. The smallest absolute Gasteiger partial charge is 0.338 e. The highest BCUT2D eigenvalue weighted by Gasteiger charge is 2.19. The molecule has 0 spiro atoms. The summed E-state index contributed by atoms with van der Waals surface area (Å²) in [6, 6.07) is 2.14. The molecule has 0 saturated heterocycles.